The Balaban J connectivity index is 1.30. The second kappa shape index (κ2) is 12.7. The average molecular weight is 607 g/mol. The molecular weight excluding hydrogens is 574 g/mol. The molecule has 0 unspecified atom stereocenters. The maximum atomic E-state index is 13.4. The summed E-state index contributed by atoms with van der Waals surface area (Å²) in [6, 6.07) is 7.88. The molecule has 1 amide bonds. The fourth-order valence-corrected chi connectivity index (χ4v) is 6.36. The number of nitrogens with zero attached hydrogens (tertiary/aromatic N) is 5. The maximum absolute atomic E-state index is 13.4. The number of nitrogens with two attached hydrogens (primary N) is 1. The number of thiophene rings is 1. The number of piperazine rings is 1. The van der Waals surface area contributed by atoms with E-state index < -0.39 is 12.5 Å². The molecule has 0 saturated carbocycles. The van der Waals surface area contributed by atoms with Gasteiger partial charge in [-0.25, -0.2) is 4.98 Å². The standard InChI is InChI=1S/C27H33ClF2N8O2S/c1-16-15-36(2)10-11-38(16)17-5-8-37(9-6-17)18-3-4-20(22(13-18)40-26(29)30)34-27-32-14-19(28)25(35-27)33-21-7-12-41-23(21)24(31)39/h3-4,7,12-14,16-17,26H,5-6,8-11,15H2,1-2H3,(H2,31,39)(H2,32,33,34,35)/t16-/m0/s1. The number of piperidine rings is 1. The first kappa shape index (κ1) is 29.2. The predicted octanol–water partition coefficient (Wildman–Crippen LogP) is 4.98. The van der Waals surface area contributed by atoms with Crippen molar-refractivity contribution in [3.63, 3.8) is 0 Å². The van der Waals surface area contributed by atoms with Crippen LogP contribution in [0.25, 0.3) is 0 Å². The average Bonchev–Trinajstić information content (AvgIpc) is 3.40. The van der Waals surface area contributed by atoms with Gasteiger partial charge in [0.1, 0.15) is 9.90 Å². The summed E-state index contributed by atoms with van der Waals surface area (Å²) in [6.07, 6.45) is 3.38. The van der Waals surface area contributed by atoms with E-state index in [1.165, 1.54) is 17.5 Å². The largest absolute Gasteiger partial charge is 0.433 e. The number of nitrogens with one attached hydrogen (secondary N) is 2. The molecule has 4 heterocycles. The summed E-state index contributed by atoms with van der Waals surface area (Å²) in [5, 5.41) is 7.85. The van der Waals surface area contributed by atoms with Crippen molar-refractivity contribution in [2.75, 3.05) is 55.3 Å². The highest BCUT2D eigenvalue weighted by Crippen LogP contribution is 2.35. The number of aromatic nitrogens is 2. The van der Waals surface area contributed by atoms with Crippen LogP contribution in [0.3, 0.4) is 0 Å². The van der Waals surface area contributed by atoms with Gasteiger partial charge in [-0.1, -0.05) is 11.6 Å². The van der Waals surface area contributed by atoms with Gasteiger partial charge < -0.3 is 30.9 Å². The number of benzene rings is 1. The second-order valence-electron chi connectivity index (χ2n) is 10.3. The second-order valence-corrected chi connectivity index (χ2v) is 11.6. The fraction of sp³-hybridized carbons (Fsp3) is 0.444. The van der Waals surface area contributed by atoms with Crippen molar-refractivity contribution in [3.8, 4) is 5.75 Å². The lowest BCUT2D eigenvalue weighted by atomic mass is 9.99. The maximum Gasteiger partial charge on any atom is 0.387 e. The molecule has 14 heteroatoms. The van der Waals surface area contributed by atoms with Gasteiger partial charge in [-0.05, 0) is 50.4 Å². The van der Waals surface area contributed by atoms with E-state index in [1.807, 2.05) is 6.07 Å². The van der Waals surface area contributed by atoms with Crippen molar-refractivity contribution >= 4 is 57.7 Å². The van der Waals surface area contributed by atoms with Gasteiger partial charge in [0.15, 0.2) is 11.6 Å². The van der Waals surface area contributed by atoms with Crippen molar-refractivity contribution in [2.45, 2.75) is 38.5 Å². The van der Waals surface area contributed by atoms with Crippen LogP contribution in [0.1, 0.15) is 29.4 Å². The minimum atomic E-state index is -3.01. The molecule has 2 saturated heterocycles. The number of amides is 1. The van der Waals surface area contributed by atoms with E-state index in [1.54, 1.807) is 23.6 Å². The first-order valence-corrected chi connectivity index (χ1v) is 14.7. The normalized spacial score (nSPS) is 19.0. The quantitative estimate of drug-likeness (QED) is 0.310. The van der Waals surface area contributed by atoms with Crippen LogP contribution < -0.4 is 26.0 Å². The molecule has 5 rings (SSSR count). The van der Waals surface area contributed by atoms with E-state index in [0.717, 1.165) is 51.3 Å². The molecule has 220 valence electrons. The number of carbonyl (C=O) groups excluding carboxylic acids is 1. The van der Waals surface area contributed by atoms with E-state index in [0.29, 0.717) is 22.6 Å². The Kier molecular flexibility index (Phi) is 9.07. The topological polar surface area (TPSA) is 112 Å². The molecule has 10 nitrogen and oxygen atoms in total. The smallest absolute Gasteiger partial charge is 0.387 e. The zero-order chi connectivity index (χ0) is 29.1. The third-order valence-corrected chi connectivity index (χ3v) is 8.70. The third-order valence-electron chi connectivity index (χ3n) is 7.49. The number of anilines is 5. The molecule has 2 aromatic heterocycles. The Bertz CT molecular complexity index is 1370. The molecule has 4 N–H and O–H groups in total. The number of likely N-dealkylation sites (N-methyl/N-ethyl adjacent to an activating group) is 1. The first-order chi connectivity index (χ1) is 19.7. The third kappa shape index (κ3) is 6.97. The van der Waals surface area contributed by atoms with Gasteiger partial charge >= 0.3 is 6.61 Å². The highest BCUT2D eigenvalue weighted by Gasteiger charge is 2.31. The minimum absolute atomic E-state index is 0.0192. The molecule has 0 radical (unpaired) electrons. The SMILES string of the molecule is C[C@H]1CN(C)CCN1C1CCN(c2ccc(Nc3ncc(Cl)c(Nc4ccsc4C(N)=O)n3)c(OC(F)F)c2)CC1. The number of hydrogen-bond acceptors (Lipinski definition) is 10. The summed E-state index contributed by atoms with van der Waals surface area (Å²) in [5.41, 5.74) is 6.96. The Labute approximate surface area is 246 Å². The highest BCUT2D eigenvalue weighted by molar-refractivity contribution is 7.12. The van der Waals surface area contributed by atoms with Crippen LogP contribution in [0.15, 0.2) is 35.8 Å². The van der Waals surface area contributed by atoms with E-state index in [2.05, 4.69) is 49.3 Å². The minimum Gasteiger partial charge on any atom is -0.433 e. The lowest BCUT2D eigenvalue weighted by molar-refractivity contribution is -0.0493. The summed E-state index contributed by atoms with van der Waals surface area (Å²) >= 11 is 7.45. The number of ether oxygens (including phenoxy) is 1. The Hall–Kier alpha value is -3.26. The first-order valence-electron chi connectivity index (χ1n) is 13.4. The number of carbonyl (C=O) groups is 1. The van der Waals surface area contributed by atoms with Crippen molar-refractivity contribution in [1.29, 1.82) is 0 Å². The number of halogens is 3. The van der Waals surface area contributed by atoms with Crippen LogP contribution in [0.5, 0.6) is 5.75 Å². The molecule has 0 bridgehead atoms. The summed E-state index contributed by atoms with van der Waals surface area (Å²) in [4.78, 5) is 27.7. The summed E-state index contributed by atoms with van der Waals surface area (Å²) < 4.78 is 31.7. The lowest BCUT2D eigenvalue weighted by Crippen LogP contribution is -2.56. The van der Waals surface area contributed by atoms with Gasteiger partial charge in [0.2, 0.25) is 5.95 Å². The zero-order valence-electron chi connectivity index (χ0n) is 22.8. The van der Waals surface area contributed by atoms with Gasteiger partial charge in [0.25, 0.3) is 5.91 Å². The van der Waals surface area contributed by atoms with Crippen LogP contribution >= 0.6 is 22.9 Å². The van der Waals surface area contributed by atoms with Crippen molar-refractivity contribution in [1.82, 2.24) is 19.8 Å². The monoisotopic (exact) mass is 606 g/mol. The lowest BCUT2D eigenvalue weighted by Gasteiger charge is -2.46. The molecule has 3 aromatic rings. The van der Waals surface area contributed by atoms with E-state index in [-0.39, 0.29) is 28.2 Å². The molecule has 1 atom stereocenters. The zero-order valence-corrected chi connectivity index (χ0v) is 24.4. The number of primary amides is 1. The van der Waals surface area contributed by atoms with Gasteiger partial charge in [0, 0.05) is 56.6 Å². The summed E-state index contributed by atoms with van der Waals surface area (Å²) in [5.74, 6) is -0.287. The van der Waals surface area contributed by atoms with E-state index in [9.17, 15) is 13.6 Å². The molecule has 1 aromatic carbocycles. The number of rotatable bonds is 9. The van der Waals surface area contributed by atoms with Gasteiger partial charge in [-0.2, -0.15) is 13.8 Å². The molecule has 0 spiro atoms. The molecule has 41 heavy (non-hydrogen) atoms. The molecular formula is C27H33ClF2N8O2S. The number of hydrogen-bond donors (Lipinski definition) is 3. The summed E-state index contributed by atoms with van der Waals surface area (Å²) in [7, 11) is 2.16. The molecule has 2 aliphatic heterocycles. The van der Waals surface area contributed by atoms with Crippen molar-refractivity contribution in [2.24, 2.45) is 5.73 Å². The van der Waals surface area contributed by atoms with E-state index >= 15 is 0 Å². The van der Waals surface area contributed by atoms with E-state index in [4.69, 9.17) is 22.1 Å². The Morgan fingerprint density at radius 1 is 1.17 bits per heavy atom. The fourth-order valence-electron chi connectivity index (χ4n) is 5.52. The van der Waals surface area contributed by atoms with Gasteiger partial charge in [0.05, 0.1) is 17.6 Å². The molecule has 0 aliphatic carbocycles. The molecule has 2 fully saturated rings. The summed E-state index contributed by atoms with van der Waals surface area (Å²) in [6.45, 7) is 4.14. The van der Waals surface area contributed by atoms with Crippen molar-refractivity contribution in [3.05, 3.63) is 45.7 Å². The Morgan fingerprint density at radius 3 is 2.66 bits per heavy atom. The van der Waals surface area contributed by atoms with Crippen LogP contribution in [0, 0.1) is 0 Å². The predicted molar refractivity (Wildman–Crippen MR) is 158 cm³/mol. The Morgan fingerprint density at radius 2 is 1.95 bits per heavy atom. The van der Waals surface area contributed by atoms with Gasteiger partial charge in [-0.3, -0.25) is 9.69 Å². The highest BCUT2D eigenvalue weighted by atomic mass is 35.5. The van der Waals surface area contributed by atoms with Crippen molar-refractivity contribution < 1.29 is 18.3 Å². The van der Waals surface area contributed by atoms with Gasteiger partial charge in [-0.15, -0.1) is 11.3 Å². The number of alkyl halides is 2. The van der Waals surface area contributed by atoms with Crippen LogP contribution in [0.4, 0.5) is 37.6 Å². The van der Waals surface area contributed by atoms with Crippen LogP contribution in [-0.2, 0) is 0 Å². The molecule has 2 aliphatic rings. The van der Waals surface area contributed by atoms with Crippen LogP contribution in [-0.4, -0.2) is 84.1 Å². The van der Waals surface area contributed by atoms with Crippen LogP contribution in [0.2, 0.25) is 5.02 Å².